The van der Waals surface area contributed by atoms with Gasteiger partial charge in [0.1, 0.15) is 11.6 Å². The van der Waals surface area contributed by atoms with E-state index in [1.807, 2.05) is 42.1 Å². The van der Waals surface area contributed by atoms with Crippen LogP contribution in [0.1, 0.15) is 47.3 Å². The molecule has 1 N–H and O–H groups in total. The molecular weight excluding hydrogens is 551 g/mol. The van der Waals surface area contributed by atoms with Crippen molar-refractivity contribution in [3.8, 4) is 0 Å². The van der Waals surface area contributed by atoms with E-state index in [9.17, 15) is 17.6 Å². The molecule has 1 saturated carbocycles. The number of nitrogens with one attached hydrogen (secondary N) is 1. The Kier molecular flexibility index (Phi) is 6.98. The summed E-state index contributed by atoms with van der Waals surface area (Å²) in [4.78, 5) is 20.2. The number of imidazole rings is 1. The van der Waals surface area contributed by atoms with E-state index in [1.165, 1.54) is 24.3 Å². The monoisotopic (exact) mass is 578 g/mol. The number of sulfonamides is 1. The molecule has 4 aromatic rings. The highest BCUT2D eigenvalue weighted by molar-refractivity contribution is 7.89. The summed E-state index contributed by atoms with van der Waals surface area (Å²) in [6.45, 7) is 0.256. The maximum atomic E-state index is 13.9. The summed E-state index contributed by atoms with van der Waals surface area (Å²) in [6.07, 6.45) is 5.49. The van der Waals surface area contributed by atoms with Crippen LogP contribution < -0.4 is 9.62 Å². The Morgan fingerprint density at radius 2 is 1.98 bits per heavy atom. The first-order chi connectivity index (χ1) is 19.2. The van der Waals surface area contributed by atoms with E-state index in [4.69, 9.17) is 11.6 Å². The van der Waals surface area contributed by atoms with Gasteiger partial charge in [-0.15, -0.1) is 0 Å². The third-order valence-electron chi connectivity index (χ3n) is 7.79. The third kappa shape index (κ3) is 5.29. The van der Waals surface area contributed by atoms with Crippen LogP contribution in [0, 0.1) is 11.7 Å². The summed E-state index contributed by atoms with van der Waals surface area (Å²) in [5.41, 5.74) is 3.37. The molecule has 3 aromatic carbocycles. The van der Waals surface area contributed by atoms with Crippen LogP contribution in [0.2, 0.25) is 5.02 Å². The van der Waals surface area contributed by atoms with Gasteiger partial charge >= 0.3 is 0 Å². The molecule has 1 amide bonds. The molecule has 0 aliphatic heterocycles. The lowest BCUT2D eigenvalue weighted by Gasteiger charge is -2.25. The third-order valence-corrected chi connectivity index (χ3v) is 9.50. The molecule has 206 valence electrons. The second-order valence-electron chi connectivity index (χ2n) is 10.4. The molecule has 1 aromatic heterocycles. The molecule has 1 heterocycles. The van der Waals surface area contributed by atoms with Gasteiger partial charge in [0.25, 0.3) is 0 Å². The first-order valence-electron chi connectivity index (χ1n) is 13.1. The summed E-state index contributed by atoms with van der Waals surface area (Å²) >= 11 is 6.04. The quantitative estimate of drug-likeness (QED) is 0.299. The van der Waals surface area contributed by atoms with Gasteiger partial charge in [-0.2, -0.15) is 0 Å². The van der Waals surface area contributed by atoms with E-state index in [1.54, 1.807) is 29.3 Å². The molecule has 3 atom stereocenters. The molecule has 7 nitrogen and oxygen atoms in total. The number of nitrogens with zero attached hydrogens (tertiary/aromatic N) is 3. The Labute approximate surface area is 237 Å². The number of aryl methyl sites for hydroxylation is 2. The zero-order valence-electron chi connectivity index (χ0n) is 21.8. The largest absolute Gasteiger partial charge is 0.337 e. The normalized spacial score (nSPS) is 19.8. The van der Waals surface area contributed by atoms with Crippen molar-refractivity contribution in [1.82, 2.24) is 14.3 Å². The molecule has 6 rings (SSSR count). The first kappa shape index (κ1) is 26.7. The van der Waals surface area contributed by atoms with Crippen LogP contribution in [0.25, 0.3) is 0 Å². The number of hydrogen-bond donors (Lipinski definition) is 1. The highest BCUT2D eigenvalue weighted by atomic mass is 35.5. The average Bonchev–Trinajstić information content (AvgIpc) is 3.50. The minimum absolute atomic E-state index is 0.0428. The average molecular weight is 579 g/mol. The van der Waals surface area contributed by atoms with E-state index in [2.05, 4.69) is 9.71 Å². The molecule has 40 heavy (non-hydrogen) atoms. The van der Waals surface area contributed by atoms with E-state index >= 15 is 0 Å². The Bertz CT molecular complexity index is 1710. The van der Waals surface area contributed by atoms with Crippen LogP contribution in [0.3, 0.4) is 0 Å². The van der Waals surface area contributed by atoms with Crippen LogP contribution in [0.4, 0.5) is 10.1 Å². The molecule has 2 aliphatic carbocycles. The van der Waals surface area contributed by atoms with Crippen molar-refractivity contribution in [3.05, 3.63) is 112 Å². The van der Waals surface area contributed by atoms with Gasteiger partial charge < -0.3 is 9.47 Å². The van der Waals surface area contributed by atoms with Gasteiger partial charge in [0, 0.05) is 42.1 Å². The number of fused-ring (bicyclic) bond motifs is 1. The topological polar surface area (TPSA) is 84.3 Å². The Morgan fingerprint density at radius 3 is 2.73 bits per heavy atom. The number of carbonyl (C=O) groups excluding carboxylic acids is 1. The van der Waals surface area contributed by atoms with Gasteiger partial charge in [-0.25, -0.2) is 22.5 Å². The van der Waals surface area contributed by atoms with Crippen molar-refractivity contribution < 1.29 is 17.6 Å². The number of aromatic nitrogens is 2. The molecule has 2 aliphatic rings. The number of amides is 1. The lowest BCUT2D eigenvalue weighted by atomic mass is 10.1. The second kappa shape index (κ2) is 10.5. The predicted molar refractivity (Wildman–Crippen MR) is 151 cm³/mol. The Balaban J connectivity index is 1.30. The number of anilines is 1. The fourth-order valence-electron chi connectivity index (χ4n) is 5.53. The van der Waals surface area contributed by atoms with Crippen molar-refractivity contribution >= 4 is 33.2 Å². The molecule has 10 heteroatoms. The molecular formula is C30H28ClFN4O3S. The molecule has 1 fully saturated rings. The maximum absolute atomic E-state index is 13.9. The van der Waals surface area contributed by atoms with Gasteiger partial charge in [-0.05, 0) is 84.3 Å². The molecule has 0 spiro atoms. The maximum Gasteiger partial charge on any atom is 0.241 e. The van der Waals surface area contributed by atoms with Crippen molar-refractivity contribution in [2.75, 3.05) is 4.90 Å². The van der Waals surface area contributed by atoms with Gasteiger partial charge in [0.2, 0.25) is 15.9 Å². The van der Waals surface area contributed by atoms with Crippen LogP contribution in [-0.2, 0) is 34.8 Å². The highest BCUT2D eigenvalue weighted by Gasteiger charge is 2.46. The van der Waals surface area contributed by atoms with Crippen molar-refractivity contribution in [3.63, 3.8) is 0 Å². The van der Waals surface area contributed by atoms with Crippen LogP contribution in [-0.4, -0.2) is 23.9 Å². The smallest absolute Gasteiger partial charge is 0.241 e. The van der Waals surface area contributed by atoms with Crippen LogP contribution in [0.15, 0.2) is 84.0 Å². The number of rotatable bonds is 8. The summed E-state index contributed by atoms with van der Waals surface area (Å²) in [5.74, 6) is 0.0258. The molecule has 0 bridgehead atoms. The lowest BCUT2D eigenvalue weighted by Crippen LogP contribution is -2.33. The lowest BCUT2D eigenvalue weighted by molar-refractivity contribution is -0.120. The second-order valence-corrected chi connectivity index (χ2v) is 12.6. The fourth-order valence-corrected chi connectivity index (χ4v) is 7.08. The van der Waals surface area contributed by atoms with Gasteiger partial charge in [-0.3, -0.25) is 4.79 Å². The van der Waals surface area contributed by atoms with E-state index in [-0.39, 0.29) is 35.0 Å². The zero-order chi connectivity index (χ0) is 28.0. The molecule has 0 unspecified atom stereocenters. The molecule has 0 saturated heterocycles. The number of hydrogen-bond acceptors (Lipinski definition) is 4. The highest BCUT2D eigenvalue weighted by Crippen LogP contribution is 2.49. The van der Waals surface area contributed by atoms with E-state index < -0.39 is 16.1 Å². The SMILES string of the molecule is Cn1ccnc1CN(C(=O)[C@@H]1C[C@H]1c1cccc(F)c1)c1ccc2c(c1)[C@@H](NS(=O)(=O)c1cccc(Cl)c1)CC2. The first-order valence-corrected chi connectivity index (χ1v) is 15.0. The predicted octanol–water partition coefficient (Wildman–Crippen LogP) is 5.52. The van der Waals surface area contributed by atoms with Gasteiger partial charge in [-0.1, -0.05) is 35.9 Å². The zero-order valence-corrected chi connectivity index (χ0v) is 23.4. The fraction of sp³-hybridized carbons (Fsp3) is 0.267. The van der Waals surface area contributed by atoms with Gasteiger partial charge in [0.05, 0.1) is 11.4 Å². The minimum Gasteiger partial charge on any atom is -0.337 e. The Hall–Kier alpha value is -3.53. The summed E-state index contributed by atoms with van der Waals surface area (Å²) < 4.78 is 44.8. The summed E-state index contributed by atoms with van der Waals surface area (Å²) in [5, 5.41) is 0.344. The Morgan fingerprint density at radius 1 is 1.15 bits per heavy atom. The van der Waals surface area contributed by atoms with Crippen molar-refractivity contribution in [1.29, 1.82) is 0 Å². The van der Waals surface area contributed by atoms with Crippen LogP contribution in [0.5, 0.6) is 0 Å². The van der Waals surface area contributed by atoms with Crippen molar-refractivity contribution in [2.24, 2.45) is 13.0 Å². The number of halogens is 2. The number of benzene rings is 3. The van der Waals surface area contributed by atoms with Crippen molar-refractivity contribution in [2.45, 2.75) is 42.7 Å². The van der Waals surface area contributed by atoms with E-state index in [0.29, 0.717) is 23.6 Å². The summed E-state index contributed by atoms with van der Waals surface area (Å²) in [7, 11) is -1.93. The summed E-state index contributed by atoms with van der Waals surface area (Å²) in [6, 6.07) is 17.9. The number of carbonyl (C=O) groups is 1. The van der Waals surface area contributed by atoms with E-state index in [0.717, 1.165) is 28.9 Å². The minimum atomic E-state index is -3.81. The standard InChI is InChI=1S/C30H28ClFN4O3S/c1-35-13-12-33-29(35)18-36(30(37)27-17-25(27)20-4-2-6-22(32)14-20)23-10-8-19-9-11-28(26(19)16-23)34-40(38,39)24-7-3-5-21(31)15-24/h2-8,10,12-16,25,27-28,34H,9,11,17-18H2,1H3/t25-,27+,28-/m0/s1. The van der Waals surface area contributed by atoms with Crippen LogP contribution >= 0.6 is 11.6 Å². The van der Waals surface area contributed by atoms with Gasteiger partial charge in [0.15, 0.2) is 0 Å². The molecule has 0 radical (unpaired) electrons.